The molecule has 1 heterocycles. The van der Waals surface area contributed by atoms with Crippen LogP contribution in [0.1, 0.15) is 40.1 Å². The third-order valence-electron chi connectivity index (χ3n) is 4.18. The summed E-state index contributed by atoms with van der Waals surface area (Å²) in [5.74, 6) is -0.109. The number of amides is 1. The van der Waals surface area contributed by atoms with Gasteiger partial charge in [-0.05, 0) is 38.5 Å². The fourth-order valence-corrected chi connectivity index (χ4v) is 2.68. The van der Waals surface area contributed by atoms with Crippen LogP contribution < -0.4 is 5.32 Å². The van der Waals surface area contributed by atoms with Gasteiger partial charge in [-0.15, -0.1) is 0 Å². The molecule has 0 saturated heterocycles. The molecule has 1 aromatic heterocycles. The van der Waals surface area contributed by atoms with E-state index in [9.17, 15) is 4.79 Å². The number of nitrogens with one attached hydrogen (secondary N) is 1. The van der Waals surface area contributed by atoms with E-state index in [1.165, 1.54) is 5.56 Å². The van der Waals surface area contributed by atoms with Gasteiger partial charge in [-0.25, -0.2) is 4.68 Å². The number of rotatable bonds is 4. The van der Waals surface area contributed by atoms with E-state index in [2.05, 4.69) is 10.4 Å². The molecule has 4 heteroatoms. The lowest BCUT2D eigenvalue weighted by molar-refractivity contribution is 0.0939. The van der Waals surface area contributed by atoms with E-state index in [1.54, 1.807) is 10.9 Å². The smallest absolute Gasteiger partial charge is 0.255 e. The Kier molecular flexibility index (Phi) is 4.47. The second kappa shape index (κ2) is 6.71. The summed E-state index contributed by atoms with van der Waals surface area (Å²) in [6.07, 6.45) is 1.63. The van der Waals surface area contributed by atoms with Crippen molar-refractivity contribution in [1.82, 2.24) is 15.1 Å². The molecule has 24 heavy (non-hydrogen) atoms. The number of aromatic nitrogens is 2. The van der Waals surface area contributed by atoms with Gasteiger partial charge in [0.2, 0.25) is 0 Å². The second-order valence-corrected chi connectivity index (χ2v) is 6.00. The molecule has 0 bridgehead atoms. The van der Waals surface area contributed by atoms with Crippen LogP contribution in [0.4, 0.5) is 0 Å². The zero-order chi connectivity index (χ0) is 17.1. The normalized spacial score (nSPS) is 12.0. The summed E-state index contributed by atoms with van der Waals surface area (Å²) in [5.41, 5.74) is 4.65. The highest BCUT2D eigenvalue weighted by Crippen LogP contribution is 2.17. The average molecular weight is 319 g/mol. The predicted octanol–water partition coefficient (Wildman–Crippen LogP) is 3.98. The fourth-order valence-electron chi connectivity index (χ4n) is 2.68. The van der Waals surface area contributed by atoms with E-state index in [0.717, 1.165) is 16.9 Å². The lowest BCUT2D eigenvalue weighted by atomic mass is 10.1. The van der Waals surface area contributed by atoms with Crippen molar-refractivity contribution >= 4 is 5.91 Å². The maximum absolute atomic E-state index is 12.6. The minimum absolute atomic E-state index is 0.0548. The van der Waals surface area contributed by atoms with Crippen LogP contribution in [0.3, 0.4) is 0 Å². The topological polar surface area (TPSA) is 46.9 Å². The minimum atomic E-state index is -0.109. The van der Waals surface area contributed by atoms with Crippen molar-refractivity contribution in [2.45, 2.75) is 26.8 Å². The van der Waals surface area contributed by atoms with Gasteiger partial charge in [0.25, 0.3) is 5.91 Å². The van der Waals surface area contributed by atoms with Crippen molar-refractivity contribution < 1.29 is 4.79 Å². The van der Waals surface area contributed by atoms with Crippen molar-refractivity contribution in [2.24, 2.45) is 0 Å². The predicted molar refractivity (Wildman–Crippen MR) is 95.4 cm³/mol. The van der Waals surface area contributed by atoms with Gasteiger partial charge in [0, 0.05) is 0 Å². The van der Waals surface area contributed by atoms with E-state index in [-0.39, 0.29) is 11.9 Å². The number of hydrogen-bond donors (Lipinski definition) is 1. The van der Waals surface area contributed by atoms with Gasteiger partial charge < -0.3 is 5.32 Å². The zero-order valence-electron chi connectivity index (χ0n) is 14.2. The molecule has 1 amide bonds. The van der Waals surface area contributed by atoms with Crippen molar-refractivity contribution in [3.8, 4) is 5.69 Å². The summed E-state index contributed by atoms with van der Waals surface area (Å²) in [6.45, 7) is 5.94. The summed E-state index contributed by atoms with van der Waals surface area (Å²) in [7, 11) is 0. The molecule has 0 aliphatic heterocycles. The molecule has 0 aliphatic carbocycles. The number of carbonyl (C=O) groups is 1. The van der Waals surface area contributed by atoms with Crippen molar-refractivity contribution in [2.75, 3.05) is 0 Å². The molecule has 0 spiro atoms. The Bertz CT molecular complexity index is 835. The van der Waals surface area contributed by atoms with Crippen LogP contribution in [0.2, 0.25) is 0 Å². The quantitative estimate of drug-likeness (QED) is 0.790. The molecule has 3 rings (SSSR count). The highest BCUT2D eigenvalue weighted by atomic mass is 16.1. The van der Waals surface area contributed by atoms with Gasteiger partial charge in [0.1, 0.15) is 0 Å². The van der Waals surface area contributed by atoms with Crippen LogP contribution in [0.5, 0.6) is 0 Å². The van der Waals surface area contributed by atoms with E-state index < -0.39 is 0 Å². The summed E-state index contributed by atoms with van der Waals surface area (Å²) in [6, 6.07) is 17.9. The standard InChI is InChI=1S/C20H21N3O/c1-14-9-11-18(12-10-14)23-16(3)19(13-21-23)20(24)22-15(2)17-7-5-4-6-8-17/h4-13,15H,1-3H3,(H,22,24)/t15-/m0/s1. The second-order valence-electron chi connectivity index (χ2n) is 6.00. The average Bonchev–Trinajstić information content (AvgIpc) is 2.98. The minimum Gasteiger partial charge on any atom is -0.345 e. The Balaban J connectivity index is 1.80. The maximum atomic E-state index is 12.6. The SMILES string of the molecule is Cc1ccc(-n2ncc(C(=O)N[C@@H](C)c3ccccc3)c2C)cc1. The molecular formula is C20H21N3O. The Morgan fingerprint density at radius 3 is 2.38 bits per heavy atom. The first-order chi connectivity index (χ1) is 11.6. The monoisotopic (exact) mass is 319 g/mol. The van der Waals surface area contributed by atoms with Gasteiger partial charge in [-0.1, -0.05) is 48.0 Å². The Morgan fingerprint density at radius 1 is 1.04 bits per heavy atom. The molecule has 0 radical (unpaired) electrons. The lowest BCUT2D eigenvalue weighted by Crippen LogP contribution is -2.27. The molecule has 0 aliphatic rings. The van der Waals surface area contributed by atoms with Gasteiger partial charge in [-0.3, -0.25) is 4.79 Å². The van der Waals surface area contributed by atoms with Gasteiger partial charge in [0.15, 0.2) is 0 Å². The largest absolute Gasteiger partial charge is 0.345 e. The molecule has 0 unspecified atom stereocenters. The van der Waals surface area contributed by atoms with Crippen molar-refractivity contribution in [1.29, 1.82) is 0 Å². The summed E-state index contributed by atoms with van der Waals surface area (Å²) < 4.78 is 1.79. The number of nitrogens with zero attached hydrogens (tertiary/aromatic N) is 2. The van der Waals surface area contributed by atoms with E-state index in [1.807, 2.05) is 75.4 Å². The van der Waals surface area contributed by atoms with Gasteiger partial charge in [0.05, 0.1) is 29.2 Å². The summed E-state index contributed by atoms with van der Waals surface area (Å²) in [4.78, 5) is 12.6. The van der Waals surface area contributed by atoms with E-state index in [0.29, 0.717) is 5.56 Å². The summed E-state index contributed by atoms with van der Waals surface area (Å²) >= 11 is 0. The van der Waals surface area contributed by atoms with Crippen LogP contribution in [0.25, 0.3) is 5.69 Å². The number of carbonyl (C=O) groups excluding carboxylic acids is 1. The van der Waals surface area contributed by atoms with Gasteiger partial charge >= 0.3 is 0 Å². The third-order valence-corrected chi connectivity index (χ3v) is 4.18. The molecule has 2 aromatic carbocycles. The van der Waals surface area contributed by atoms with Crippen molar-refractivity contribution in [3.05, 3.63) is 83.2 Å². The highest BCUT2D eigenvalue weighted by Gasteiger charge is 2.17. The fraction of sp³-hybridized carbons (Fsp3) is 0.200. The molecule has 0 fully saturated rings. The van der Waals surface area contributed by atoms with E-state index in [4.69, 9.17) is 0 Å². The van der Waals surface area contributed by atoms with Crippen LogP contribution >= 0.6 is 0 Å². The Hall–Kier alpha value is -2.88. The molecule has 0 saturated carbocycles. The molecule has 122 valence electrons. The molecule has 4 nitrogen and oxygen atoms in total. The highest BCUT2D eigenvalue weighted by molar-refractivity contribution is 5.95. The number of hydrogen-bond acceptors (Lipinski definition) is 2. The molecule has 3 aromatic rings. The Morgan fingerprint density at radius 2 is 1.71 bits per heavy atom. The third kappa shape index (κ3) is 3.23. The van der Waals surface area contributed by atoms with Gasteiger partial charge in [-0.2, -0.15) is 5.10 Å². The molecular weight excluding hydrogens is 298 g/mol. The van der Waals surface area contributed by atoms with Crippen LogP contribution in [0.15, 0.2) is 60.8 Å². The maximum Gasteiger partial charge on any atom is 0.255 e. The van der Waals surface area contributed by atoms with Crippen LogP contribution in [-0.2, 0) is 0 Å². The first-order valence-corrected chi connectivity index (χ1v) is 8.03. The lowest BCUT2D eigenvalue weighted by Gasteiger charge is -2.14. The van der Waals surface area contributed by atoms with Crippen LogP contribution in [-0.4, -0.2) is 15.7 Å². The first kappa shape index (κ1) is 16.0. The summed E-state index contributed by atoms with van der Waals surface area (Å²) in [5, 5.41) is 7.41. The Labute approximate surface area is 142 Å². The molecule has 1 N–H and O–H groups in total. The van der Waals surface area contributed by atoms with Crippen LogP contribution in [0, 0.1) is 13.8 Å². The number of aryl methyl sites for hydroxylation is 1. The van der Waals surface area contributed by atoms with E-state index >= 15 is 0 Å². The first-order valence-electron chi connectivity index (χ1n) is 8.03. The molecule has 1 atom stereocenters. The zero-order valence-corrected chi connectivity index (χ0v) is 14.2. The van der Waals surface area contributed by atoms with Crippen molar-refractivity contribution in [3.63, 3.8) is 0 Å². The number of benzene rings is 2.